The van der Waals surface area contributed by atoms with Crippen LogP contribution in [0.1, 0.15) is 27.2 Å². The van der Waals surface area contributed by atoms with E-state index in [0.29, 0.717) is 8.95 Å². The van der Waals surface area contributed by atoms with E-state index >= 15 is 0 Å². The van der Waals surface area contributed by atoms with E-state index in [9.17, 15) is 13.2 Å². The minimum absolute atomic E-state index is 0.0331. The Balaban J connectivity index is 2.41. The van der Waals surface area contributed by atoms with Gasteiger partial charge in [-0.15, -0.1) is 0 Å². The maximum Gasteiger partial charge on any atom is 0.267 e. The number of nitrogens with zero attached hydrogens (tertiary/aromatic N) is 1. The topological polar surface area (TPSA) is 54.5 Å². The monoisotopic (exact) mass is 437 g/mol. The molecule has 1 aliphatic heterocycles. The SMILES string of the molecule is CC(C)(C)C1CC(=O)N(S(=O)(=O)c2cc(Br)ccc2Br)C1. The van der Waals surface area contributed by atoms with Crippen molar-refractivity contribution in [1.82, 2.24) is 4.31 Å². The van der Waals surface area contributed by atoms with Crippen molar-refractivity contribution in [2.75, 3.05) is 6.54 Å². The van der Waals surface area contributed by atoms with Crippen molar-refractivity contribution in [1.29, 1.82) is 0 Å². The minimum atomic E-state index is -3.83. The average molecular weight is 439 g/mol. The summed E-state index contributed by atoms with van der Waals surface area (Å²) in [7, 11) is -3.83. The molecular weight excluding hydrogens is 422 g/mol. The average Bonchev–Trinajstić information content (AvgIpc) is 2.75. The van der Waals surface area contributed by atoms with Crippen LogP contribution in [0, 0.1) is 11.3 Å². The van der Waals surface area contributed by atoms with E-state index < -0.39 is 10.0 Å². The fraction of sp³-hybridized carbons (Fsp3) is 0.500. The highest BCUT2D eigenvalue weighted by molar-refractivity contribution is 9.11. The molecule has 0 radical (unpaired) electrons. The standard InChI is InChI=1S/C14H17Br2NO3S/c1-14(2,3)9-6-13(18)17(8-9)21(19,20)12-7-10(15)4-5-11(12)16/h4-5,7,9H,6,8H2,1-3H3. The Morgan fingerprint density at radius 2 is 1.86 bits per heavy atom. The lowest BCUT2D eigenvalue weighted by Gasteiger charge is -2.26. The first-order valence-electron chi connectivity index (χ1n) is 6.54. The first kappa shape index (κ1) is 17.0. The Hall–Kier alpha value is -0.400. The summed E-state index contributed by atoms with van der Waals surface area (Å²) in [5, 5.41) is 0. The fourth-order valence-electron chi connectivity index (χ4n) is 2.28. The van der Waals surface area contributed by atoms with Crippen molar-refractivity contribution < 1.29 is 13.2 Å². The highest BCUT2D eigenvalue weighted by atomic mass is 79.9. The van der Waals surface area contributed by atoms with Crippen LogP contribution in [0.15, 0.2) is 32.0 Å². The van der Waals surface area contributed by atoms with Crippen molar-refractivity contribution in [3.8, 4) is 0 Å². The quantitative estimate of drug-likeness (QED) is 0.705. The number of carbonyl (C=O) groups is 1. The van der Waals surface area contributed by atoms with Crippen molar-refractivity contribution in [2.24, 2.45) is 11.3 Å². The largest absolute Gasteiger partial charge is 0.274 e. The van der Waals surface area contributed by atoms with Crippen LogP contribution >= 0.6 is 31.9 Å². The molecule has 1 atom stereocenters. The van der Waals surface area contributed by atoms with Gasteiger partial charge in [-0.3, -0.25) is 4.79 Å². The van der Waals surface area contributed by atoms with Crippen molar-refractivity contribution in [2.45, 2.75) is 32.1 Å². The van der Waals surface area contributed by atoms with Crippen LogP contribution in [0.3, 0.4) is 0 Å². The van der Waals surface area contributed by atoms with Crippen LogP contribution in [0.4, 0.5) is 0 Å². The molecule has 1 aromatic rings. The third-order valence-corrected chi connectivity index (χ3v) is 7.05. The number of rotatable bonds is 2. The maximum absolute atomic E-state index is 12.7. The smallest absolute Gasteiger partial charge is 0.267 e. The lowest BCUT2D eigenvalue weighted by Crippen LogP contribution is -2.33. The summed E-state index contributed by atoms with van der Waals surface area (Å²) in [4.78, 5) is 12.3. The molecule has 21 heavy (non-hydrogen) atoms. The maximum atomic E-state index is 12.7. The van der Waals surface area contributed by atoms with E-state index in [2.05, 4.69) is 31.9 Å². The molecule has 1 unspecified atom stereocenters. The highest BCUT2D eigenvalue weighted by Gasteiger charge is 2.43. The molecule has 0 spiro atoms. The molecule has 2 rings (SSSR count). The summed E-state index contributed by atoms with van der Waals surface area (Å²) in [5.41, 5.74) is -0.103. The molecule has 0 bridgehead atoms. The number of hydrogen-bond donors (Lipinski definition) is 0. The van der Waals surface area contributed by atoms with Crippen LogP contribution in [-0.2, 0) is 14.8 Å². The second-order valence-corrected chi connectivity index (χ2v) is 9.87. The van der Waals surface area contributed by atoms with Gasteiger partial charge in [0.2, 0.25) is 5.91 Å². The van der Waals surface area contributed by atoms with Gasteiger partial charge in [0.1, 0.15) is 4.90 Å². The summed E-state index contributed by atoms with van der Waals surface area (Å²) in [6.07, 6.45) is 0.272. The molecule has 4 nitrogen and oxygen atoms in total. The van der Waals surface area contributed by atoms with Crippen molar-refractivity contribution in [3.05, 3.63) is 27.1 Å². The molecular formula is C14H17Br2NO3S. The number of carbonyl (C=O) groups excluding carboxylic acids is 1. The molecule has 0 N–H and O–H groups in total. The summed E-state index contributed by atoms with van der Waals surface area (Å²) < 4.78 is 27.6. The van der Waals surface area contributed by atoms with Crippen LogP contribution in [0.5, 0.6) is 0 Å². The minimum Gasteiger partial charge on any atom is -0.274 e. The summed E-state index contributed by atoms with van der Waals surface area (Å²) >= 11 is 6.52. The number of halogens is 2. The lowest BCUT2D eigenvalue weighted by molar-refractivity contribution is -0.123. The predicted molar refractivity (Wildman–Crippen MR) is 88.3 cm³/mol. The van der Waals surface area contributed by atoms with Gasteiger partial charge in [-0.05, 0) is 45.5 Å². The lowest BCUT2D eigenvalue weighted by atomic mass is 9.80. The van der Waals surface area contributed by atoms with Gasteiger partial charge < -0.3 is 0 Å². The molecule has 0 aliphatic carbocycles. The second-order valence-electron chi connectivity index (χ2n) is 6.27. The third-order valence-electron chi connectivity index (χ3n) is 3.77. The van der Waals surface area contributed by atoms with Crippen molar-refractivity contribution >= 4 is 47.8 Å². The van der Waals surface area contributed by atoms with Gasteiger partial charge in [-0.25, -0.2) is 12.7 Å². The Kier molecular flexibility index (Phi) is 4.57. The molecule has 1 fully saturated rings. The summed E-state index contributed by atoms with van der Waals surface area (Å²) in [6, 6.07) is 4.91. The Morgan fingerprint density at radius 3 is 2.38 bits per heavy atom. The summed E-state index contributed by atoms with van der Waals surface area (Å²) in [6.45, 7) is 6.31. The molecule has 0 aromatic heterocycles. The van der Waals surface area contributed by atoms with E-state index in [0.717, 1.165) is 4.31 Å². The van der Waals surface area contributed by atoms with Crippen LogP contribution in [-0.4, -0.2) is 25.2 Å². The second kappa shape index (κ2) is 5.66. The summed E-state index contributed by atoms with van der Waals surface area (Å²) in [5.74, 6) is -0.299. The van der Waals surface area contributed by atoms with Gasteiger partial charge >= 0.3 is 0 Å². The Labute approximate surface area is 142 Å². The number of benzene rings is 1. The highest BCUT2D eigenvalue weighted by Crippen LogP contribution is 2.38. The van der Waals surface area contributed by atoms with Gasteiger partial charge in [-0.1, -0.05) is 36.7 Å². The van der Waals surface area contributed by atoms with Gasteiger partial charge in [0.15, 0.2) is 0 Å². The molecule has 1 amide bonds. The zero-order valence-corrected chi connectivity index (χ0v) is 16.0. The molecule has 1 aliphatic rings. The van der Waals surface area contributed by atoms with Gasteiger partial charge in [0.05, 0.1) is 0 Å². The van der Waals surface area contributed by atoms with Gasteiger partial charge in [-0.2, -0.15) is 0 Å². The fourth-order valence-corrected chi connectivity index (χ4v) is 5.20. The van der Waals surface area contributed by atoms with E-state index in [1.165, 1.54) is 6.07 Å². The molecule has 1 saturated heterocycles. The van der Waals surface area contributed by atoms with Crippen LogP contribution in [0.25, 0.3) is 0 Å². The number of amides is 1. The van der Waals surface area contributed by atoms with E-state index in [-0.39, 0.29) is 35.1 Å². The normalized spacial score (nSPS) is 20.1. The number of sulfonamides is 1. The van der Waals surface area contributed by atoms with E-state index in [1.807, 2.05) is 20.8 Å². The zero-order valence-electron chi connectivity index (χ0n) is 12.1. The van der Waals surface area contributed by atoms with E-state index in [4.69, 9.17) is 0 Å². The number of hydrogen-bond acceptors (Lipinski definition) is 3. The predicted octanol–water partition coefficient (Wildman–Crippen LogP) is 3.79. The van der Waals surface area contributed by atoms with Crippen molar-refractivity contribution in [3.63, 3.8) is 0 Å². The first-order valence-corrected chi connectivity index (χ1v) is 9.56. The molecule has 7 heteroatoms. The molecule has 1 aromatic carbocycles. The Morgan fingerprint density at radius 1 is 1.24 bits per heavy atom. The van der Waals surface area contributed by atoms with E-state index in [1.54, 1.807) is 12.1 Å². The van der Waals surface area contributed by atoms with Gasteiger partial charge in [0.25, 0.3) is 10.0 Å². The zero-order chi connectivity index (χ0) is 16.0. The van der Waals surface area contributed by atoms with Crippen LogP contribution in [0.2, 0.25) is 0 Å². The molecule has 116 valence electrons. The van der Waals surface area contributed by atoms with Crippen LogP contribution < -0.4 is 0 Å². The molecule has 1 heterocycles. The third kappa shape index (κ3) is 3.35. The first-order chi connectivity index (χ1) is 9.53. The Bertz CT molecular complexity index is 680. The molecule has 0 saturated carbocycles. The van der Waals surface area contributed by atoms with Gasteiger partial charge in [0, 0.05) is 21.9 Å².